The number of tetrazole rings is 1. The van der Waals surface area contributed by atoms with E-state index in [1.54, 1.807) is 4.80 Å². The molecule has 3 atom stereocenters. The van der Waals surface area contributed by atoms with Crippen molar-refractivity contribution in [2.45, 2.75) is 50.4 Å². The lowest BCUT2D eigenvalue weighted by atomic mass is 9.96. The number of rotatable bonds is 8. The standard InChI is InChI=1S/C29H37F2N9O3/c1-21(41)32-18-25-20-39(28(42)43-25)24-7-10-29(31,26(30)17-24)38-11-8-23(9-12-38)40-34-27(33-35-40)37-15-13-36(14-16-37)19-22-5-3-2-4-6-22/h2-7,10,17,23,25-26H,8-9,11-16,18-20H2,1H3,(H,32,41). The van der Waals surface area contributed by atoms with Crippen LogP contribution in [-0.4, -0.2) is 117 Å². The number of allylic oxidation sites excluding steroid dienone is 1. The van der Waals surface area contributed by atoms with Crippen molar-refractivity contribution in [3.05, 3.63) is 59.8 Å². The molecular weight excluding hydrogens is 560 g/mol. The summed E-state index contributed by atoms with van der Waals surface area (Å²) in [6, 6.07) is 10.4. The lowest BCUT2D eigenvalue weighted by Crippen LogP contribution is -2.54. The molecule has 3 unspecified atom stereocenters. The highest BCUT2D eigenvalue weighted by molar-refractivity contribution is 5.74. The number of halogens is 2. The van der Waals surface area contributed by atoms with Crippen LogP contribution in [0.2, 0.25) is 0 Å². The van der Waals surface area contributed by atoms with E-state index in [0.717, 1.165) is 38.8 Å². The number of hydrogen-bond donors (Lipinski definition) is 1. The number of cyclic esters (lactones) is 1. The fourth-order valence-electron chi connectivity index (χ4n) is 6.06. The Morgan fingerprint density at radius 1 is 1.12 bits per heavy atom. The summed E-state index contributed by atoms with van der Waals surface area (Å²) in [5, 5.41) is 15.8. The first kappa shape index (κ1) is 29.2. The Kier molecular flexibility index (Phi) is 8.39. The summed E-state index contributed by atoms with van der Waals surface area (Å²) in [4.78, 5) is 32.4. The van der Waals surface area contributed by atoms with Crippen LogP contribution < -0.4 is 10.2 Å². The van der Waals surface area contributed by atoms with Crippen molar-refractivity contribution in [1.82, 2.24) is 40.2 Å². The Balaban J connectivity index is 0.993. The summed E-state index contributed by atoms with van der Waals surface area (Å²) in [7, 11) is 0. The first-order valence-electron chi connectivity index (χ1n) is 14.8. The third-order valence-corrected chi connectivity index (χ3v) is 8.55. The molecule has 0 spiro atoms. The molecular formula is C29H37F2N9O3. The van der Waals surface area contributed by atoms with Gasteiger partial charge in [0.1, 0.15) is 6.10 Å². The van der Waals surface area contributed by atoms with Crippen molar-refractivity contribution < 1.29 is 23.1 Å². The number of nitrogens with zero attached hydrogens (tertiary/aromatic N) is 8. The van der Waals surface area contributed by atoms with Crippen LogP contribution in [0.5, 0.6) is 0 Å². The van der Waals surface area contributed by atoms with Gasteiger partial charge in [0.15, 0.2) is 6.17 Å². The van der Waals surface area contributed by atoms with E-state index in [4.69, 9.17) is 4.74 Å². The van der Waals surface area contributed by atoms with E-state index in [1.807, 2.05) is 6.07 Å². The van der Waals surface area contributed by atoms with E-state index in [-0.39, 0.29) is 30.7 Å². The summed E-state index contributed by atoms with van der Waals surface area (Å²) in [6.07, 6.45) is 1.65. The number of piperidine rings is 1. The maximum Gasteiger partial charge on any atom is 0.414 e. The predicted octanol–water partition coefficient (Wildman–Crippen LogP) is 2.05. The second kappa shape index (κ2) is 12.4. The quantitative estimate of drug-likeness (QED) is 0.457. The molecule has 0 saturated carbocycles. The Morgan fingerprint density at radius 3 is 2.56 bits per heavy atom. The molecule has 230 valence electrons. The lowest BCUT2D eigenvalue weighted by Gasteiger charge is -2.42. The first-order valence-corrected chi connectivity index (χ1v) is 14.8. The molecule has 3 fully saturated rings. The number of anilines is 1. The van der Waals surface area contributed by atoms with Crippen LogP contribution in [0, 0.1) is 0 Å². The van der Waals surface area contributed by atoms with Crippen LogP contribution in [-0.2, 0) is 16.1 Å². The highest BCUT2D eigenvalue weighted by Gasteiger charge is 2.47. The molecule has 6 rings (SSSR count). The van der Waals surface area contributed by atoms with Gasteiger partial charge in [0.25, 0.3) is 5.95 Å². The number of carbonyl (C=O) groups excluding carboxylic acids is 2. The molecule has 4 heterocycles. The van der Waals surface area contributed by atoms with Gasteiger partial charge in [-0.25, -0.2) is 13.6 Å². The van der Waals surface area contributed by atoms with Gasteiger partial charge >= 0.3 is 6.09 Å². The van der Waals surface area contributed by atoms with Crippen LogP contribution in [0.3, 0.4) is 0 Å². The number of benzene rings is 1. The minimum Gasteiger partial charge on any atom is -0.442 e. The number of hydrogen-bond acceptors (Lipinski definition) is 9. The molecule has 4 aliphatic rings. The Labute approximate surface area is 248 Å². The summed E-state index contributed by atoms with van der Waals surface area (Å²) in [5.41, 5.74) is 1.54. The number of ether oxygens (including phenoxy) is 1. The highest BCUT2D eigenvalue weighted by atomic mass is 19.2. The zero-order valence-corrected chi connectivity index (χ0v) is 24.2. The van der Waals surface area contributed by atoms with Gasteiger partial charge in [-0.05, 0) is 41.8 Å². The molecule has 1 aromatic carbocycles. The third kappa shape index (κ3) is 6.39. The average Bonchev–Trinajstić information content (AvgIpc) is 3.66. The molecule has 12 nitrogen and oxygen atoms in total. The Morgan fingerprint density at radius 2 is 1.86 bits per heavy atom. The monoisotopic (exact) mass is 597 g/mol. The van der Waals surface area contributed by atoms with E-state index in [0.29, 0.717) is 31.9 Å². The van der Waals surface area contributed by atoms with Gasteiger partial charge in [-0.15, -0.1) is 5.10 Å². The minimum absolute atomic E-state index is 0.0582. The number of carbonyl (C=O) groups is 2. The molecule has 3 saturated heterocycles. The van der Waals surface area contributed by atoms with E-state index in [9.17, 15) is 9.59 Å². The van der Waals surface area contributed by atoms with E-state index in [1.165, 1.54) is 34.4 Å². The van der Waals surface area contributed by atoms with Crippen molar-refractivity contribution in [3.8, 4) is 0 Å². The van der Waals surface area contributed by atoms with Gasteiger partial charge in [-0.3, -0.25) is 19.5 Å². The Hall–Kier alpha value is -3.91. The smallest absolute Gasteiger partial charge is 0.414 e. The largest absolute Gasteiger partial charge is 0.442 e. The van der Waals surface area contributed by atoms with Crippen molar-refractivity contribution in [2.24, 2.45) is 0 Å². The zero-order chi connectivity index (χ0) is 30.0. The average molecular weight is 598 g/mol. The van der Waals surface area contributed by atoms with Gasteiger partial charge in [0, 0.05) is 58.4 Å². The summed E-state index contributed by atoms with van der Waals surface area (Å²) in [6.45, 7) is 6.65. The molecule has 0 radical (unpaired) electrons. The van der Waals surface area contributed by atoms with E-state index < -0.39 is 24.2 Å². The van der Waals surface area contributed by atoms with Gasteiger partial charge < -0.3 is 15.0 Å². The van der Waals surface area contributed by atoms with E-state index >= 15 is 8.78 Å². The van der Waals surface area contributed by atoms with Crippen molar-refractivity contribution >= 4 is 17.9 Å². The van der Waals surface area contributed by atoms with Gasteiger partial charge in [-0.2, -0.15) is 4.80 Å². The molecule has 3 aliphatic heterocycles. The van der Waals surface area contributed by atoms with Crippen LogP contribution in [0.1, 0.15) is 31.4 Å². The summed E-state index contributed by atoms with van der Waals surface area (Å²) < 4.78 is 36.6. The topological polar surface area (TPSA) is 112 Å². The zero-order valence-electron chi connectivity index (χ0n) is 24.2. The normalized spacial score (nSPS) is 27.3. The predicted molar refractivity (Wildman–Crippen MR) is 153 cm³/mol. The van der Waals surface area contributed by atoms with Crippen molar-refractivity contribution in [2.75, 3.05) is 57.3 Å². The van der Waals surface area contributed by atoms with Crippen LogP contribution in [0.15, 0.2) is 54.3 Å². The minimum atomic E-state index is -2.33. The number of amides is 2. The fourth-order valence-corrected chi connectivity index (χ4v) is 6.06. The summed E-state index contributed by atoms with van der Waals surface area (Å²) >= 11 is 0. The number of alkyl halides is 2. The van der Waals surface area contributed by atoms with Gasteiger partial charge in [-0.1, -0.05) is 35.4 Å². The number of aromatic nitrogens is 4. The van der Waals surface area contributed by atoms with Crippen molar-refractivity contribution in [1.29, 1.82) is 0 Å². The second-order valence-corrected chi connectivity index (χ2v) is 11.5. The third-order valence-electron chi connectivity index (χ3n) is 8.55. The van der Waals surface area contributed by atoms with Crippen LogP contribution in [0.25, 0.3) is 0 Å². The first-order chi connectivity index (χ1) is 20.8. The summed E-state index contributed by atoms with van der Waals surface area (Å²) in [5.74, 6) is -1.97. The highest BCUT2D eigenvalue weighted by Crippen LogP contribution is 2.37. The molecule has 43 heavy (non-hydrogen) atoms. The number of nitrogens with one attached hydrogen (secondary N) is 1. The second-order valence-electron chi connectivity index (χ2n) is 11.5. The van der Waals surface area contributed by atoms with Crippen LogP contribution in [0.4, 0.5) is 19.5 Å². The number of piperazine rings is 1. The SMILES string of the molecule is CC(=O)NCC1CN(C2=CC(F)C(F)(N3CCC(n4nnc(N5CCN(Cc6ccccc6)CC5)n4)CC3)C=C2)C(=O)O1. The molecule has 1 aromatic heterocycles. The van der Waals surface area contributed by atoms with Crippen LogP contribution >= 0.6 is 0 Å². The molecule has 2 aromatic rings. The Bertz CT molecular complexity index is 1360. The maximum absolute atomic E-state index is 16.0. The fraction of sp³-hybridized carbons (Fsp3) is 0.552. The van der Waals surface area contributed by atoms with Gasteiger partial charge in [0.2, 0.25) is 11.7 Å². The maximum atomic E-state index is 16.0. The number of likely N-dealkylation sites (tertiary alicyclic amines) is 1. The molecule has 14 heteroatoms. The lowest BCUT2D eigenvalue weighted by molar-refractivity contribution is -0.119. The molecule has 0 bridgehead atoms. The molecule has 1 N–H and O–H groups in total. The van der Waals surface area contributed by atoms with E-state index in [2.05, 4.69) is 54.8 Å². The van der Waals surface area contributed by atoms with Gasteiger partial charge in [0.05, 0.1) is 19.1 Å². The molecule has 1 aliphatic carbocycles. The van der Waals surface area contributed by atoms with Crippen molar-refractivity contribution in [3.63, 3.8) is 0 Å². The molecule has 2 amide bonds.